The minimum Gasteiger partial charge on any atom is -0.352 e. The Balaban J connectivity index is 0.000000810. The van der Waals surface area contributed by atoms with Crippen LogP contribution in [0.5, 0.6) is 0 Å². The molecular weight excluding hydrogens is 171 g/mol. The lowest BCUT2D eigenvalue weighted by Gasteiger charge is -1.94. The highest BCUT2D eigenvalue weighted by molar-refractivity contribution is 6.30. The molecule has 0 saturated heterocycles. The van der Waals surface area contributed by atoms with Gasteiger partial charge in [0.2, 0.25) is 0 Å². The highest BCUT2D eigenvalue weighted by Crippen LogP contribution is 2.11. The van der Waals surface area contributed by atoms with Gasteiger partial charge in [-0.25, -0.2) is 0 Å². The van der Waals surface area contributed by atoms with E-state index in [0.717, 1.165) is 10.7 Å². The zero-order valence-corrected chi connectivity index (χ0v) is 7.25. The van der Waals surface area contributed by atoms with E-state index in [1.54, 1.807) is 0 Å². The first-order chi connectivity index (χ1) is 4.24. The molecular formula is C6H10Cl2N2. The van der Waals surface area contributed by atoms with E-state index in [9.17, 15) is 0 Å². The smallest absolute Gasteiger partial charge is 0.0585 e. The molecule has 0 aliphatic rings. The number of halogens is 2. The molecule has 1 heterocycles. The number of rotatable bonds is 1. The summed E-state index contributed by atoms with van der Waals surface area (Å²) < 4.78 is 1.92. The molecule has 1 aromatic rings. The second kappa shape index (κ2) is 3.86. The molecule has 2 N–H and O–H groups in total. The molecule has 1 rings (SSSR count). The van der Waals surface area contributed by atoms with Crippen LogP contribution in [0.15, 0.2) is 12.3 Å². The van der Waals surface area contributed by atoms with Crippen molar-refractivity contribution >= 4 is 24.0 Å². The van der Waals surface area contributed by atoms with Gasteiger partial charge in [-0.15, -0.1) is 12.4 Å². The predicted octanol–water partition coefficient (Wildman–Crippen LogP) is 1.56. The first kappa shape index (κ1) is 9.82. The topological polar surface area (TPSA) is 30.9 Å². The summed E-state index contributed by atoms with van der Waals surface area (Å²) in [6.07, 6.45) is 1.84. The zero-order valence-electron chi connectivity index (χ0n) is 5.67. The van der Waals surface area contributed by atoms with Crippen LogP contribution < -0.4 is 5.73 Å². The van der Waals surface area contributed by atoms with Crippen molar-refractivity contribution in [3.63, 3.8) is 0 Å². The van der Waals surface area contributed by atoms with Crippen LogP contribution in [0.2, 0.25) is 5.02 Å². The third-order valence-corrected chi connectivity index (χ3v) is 1.49. The fraction of sp³-hybridized carbons (Fsp3) is 0.333. The highest BCUT2D eigenvalue weighted by atomic mass is 35.5. The van der Waals surface area contributed by atoms with Gasteiger partial charge in [-0.2, -0.15) is 0 Å². The van der Waals surface area contributed by atoms with Crippen LogP contribution in [0.3, 0.4) is 0 Å². The van der Waals surface area contributed by atoms with Crippen LogP contribution in [0, 0.1) is 0 Å². The van der Waals surface area contributed by atoms with E-state index < -0.39 is 0 Å². The standard InChI is InChI=1S/C6H9ClN2.ClH/c1-9-4-5(7)2-6(9)3-8;/h2,4H,3,8H2,1H3;1H. The summed E-state index contributed by atoms with van der Waals surface area (Å²) >= 11 is 5.67. The summed E-state index contributed by atoms with van der Waals surface area (Å²) in [5, 5.41) is 0.748. The van der Waals surface area contributed by atoms with Crippen LogP contribution in [0.1, 0.15) is 5.69 Å². The molecule has 2 nitrogen and oxygen atoms in total. The third kappa shape index (κ3) is 1.90. The second-order valence-corrected chi connectivity index (χ2v) is 2.40. The summed E-state index contributed by atoms with van der Waals surface area (Å²) in [4.78, 5) is 0. The Hall–Kier alpha value is -0.180. The van der Waals surface area contributed by atoms with Crippen LogP contribution >= 0.6 is 24.0 Å². The van der Waals surface area contributed by atoms with Crippen molar-refractivity contribution < 1.29 is 0 Å². The average Bonchev–Trinajstić information content (AvgIpc) is 2.10. The van der Waals surface area contributed by atoms with Gasteiger partial charge in [0.25, 0.3) is 0 Å². The van der Waals surface area contributed by atoms with Crippen molar-refractivity contribution in [1.29, 1.82) is 0 Å². The molecule has 58 valence electrons. The van der Waals surface area contributed by atoms with Crippen molar-refractivity contribution in [2.24, 2.45) is 12.8 Å². The van der Waals surface area contributed by atoms with E-state index in [-0.39, 0.29) is 12.4 Å². The molecule has 0 aliphatic carbocycles. The predicted molar refractivity (Wildman–Crippen MR) is 45.6 cm³/mol. The number of aromatic nitrogens is 1. The Bertz CT molecular complexity index is 208. The molecule has 0 fully saturated rings. The molecule has 1 aromatic heterocycles. The monoisotopic (exact) mass is 180 g/mol. The Morgan fingerprint density at radius 2 is 2.30 bits per heavy atom. The van der Waals surface area contributed by atoms with E-state index in [2.05, 4.69) is 0 Å². The van der Waals surface area contributed by atoms with Gasteiger partial charge in [-0.05, 0) is 6.07 Å². The molecule has 0 unspecified atom stereocenters. The number of nitrogens with zero attached hydrogens (tertiary/aromatic N) is 1. The van der Waals surface area contributed by atoms with Gasteiger partial charge in [0.1, 0.15) is 0 Å². The Morgan fingerprint density at radius 1 is 1.70 bits per heavy atom. The third-order valence-electron chi connectivity index (χ3n) is 1.28. The molecule has 0 spiro atoms. The summed E-state index contributed by atoms with van der Waals surface area (Å²) in [5.74, 6) is 0. The maximum Gasteiger partial charge on any atom is 0.0585 e. The van der Waals surface area contributed by atoms with Gasteiger partial charge in [0.05, 0.1) is 5.02 Å². The largest absolute Gasteiger partial charge is 0.352 e. The Labute approximate surface area is 71.4 Å². The normalized spacial score (nSPS) is 9.10. The lowest BCUT2D eigenvalue weighted by Crippen LogP contribution is -2.01. The van der Waals surface area contributed by atoms with Gasteiger partial charge >= 0.3 is 0 Å². The number of aryl methyl sites for hydroxylation is 1. The van der Waals surface area contributed by atoms with Gasteiger partial charge in [0, 0.05) is 25.5 Å². The van der Waals surface area contributed by atoms with Crippen molar-refractivity contribution in [2.45, 2.75) is 6.54 Å². The van der Waals surface area contributed by atoms with Gasteiger partial charge in [-0.1, -0.05) is 11.6 Å². The fourth-order valence-corrected chi connectivity index (χ4v) is 1.04. The molecule has 0 bridgehead atoms. The quantitative estimate of drug-likeness (QED) is 0.700. The van der Waals surface area contributed by atoms with E-state index in [1.165, 1.54) is 0 Å². The van der Waals surface area contributed by atoms with E-state index in [0.29, 0.717) is 6.54 Å². The van der Waals surface area contributed by atoms with Gasteiger partial charge < -0.3 is 10.3 Å². The lowest BCUT2D eigenvalue weighted by atomic mass is 10.4. The van der Waals surface area contributed by atoms with E-state index in [4.69, 9.17) is 17.3 Å². The number of hydrogen-bond acceptors (Lipinski definition) is 1. The SMILES string of the molecule is Cl.Cn1cc(Cl)cc1CN. The molecule has 0 aromatic carbocycles. The second-order valence-electron chi connectivity index (χ2n) is 1.96. The average molecular weight is 181 g/mol. The zero-order chi connectivity index (χ0) is 6.85. The van der Waals surface area contributed by atoms with Crippen molar-refractivity contribution in [1.82, 2.24) is 4.57 Å². The molecule has 10 heavy (non-hydrogen) atoms. The molecule has 0 saturated carbocycles. The van der Waals surface area contributed by atoms with Crippen molar-refractivity contribution in [2.75, 3.05) is 0 Å². The number of nitrogens with two attached hydrogens (primary N) is 1. The Kier molecular flexibility index (Phi) is 3.79. The van der Waals surface area contributed by atoms with Gasteiger partial charge in [0.15, 0.2) is 0 Å². The van der Waals surface area contributed by atoms with Crippen LogP contribution in [0.4, 0.5) is 0 Å². The molecule has 0 radical (unpaired) electrons. The lowest BCUT2D eigenvalue weighted by molar-refractivity contribution is 0.824. The summed E-state index contributed by atoms with van der Waals surface area (Å²) in [7, 11) is 1.92. The van der Waals surface area contributed by atoms with Crippen LogP contribution in [0.25, 0.3) is 0 Å². The first-order valence-electron chi connectivity index (χ1n) is 2.75. The summed E-state index contributed by atoms with van der Waals surface area (Å²) in [6.45, 7) is 0.545. The minimum atomic E-state index is 0. The van der Waals surface area contributed by atoms with Gasteiger partial charge in [-0.3, -0.25) is 0 Å². The first-order valence-corrected chi connectivity index (χ1v) is 3.12. The Morgan fingerprint density at radius 3 is 2.50 bits per heavy atom. The van der Waals surface area contributed by atoms with Crippen molar-refractivity contribution in [3.8, 4) is 0 Å². The van der Waals surface area contributed by atoms with Crippen LogP contribution in [-0.4, -0.2) is 4.57 Å². The maximum absolute atomic E-state index is 5.67. The fourth-order valence-electron chi connectivity index (χ4n) is 0.769. The summed E-state index contributed by atoms with van der Waals surface area (Å²) in [5.41, 5.74) is 6.44. The molecule has 0 aliphatic heterocycles. The van der Waals surface area contributed by atoms with Crippen molar-refractivity contribution in [3.05, 3.63) is 23.0 Å². The molecule has 0 atom stereocenters. The van der Waals surface area contributed by atoms with Crippen LogP contribution in [-0.2, 0) is 13.6 Å². The minimum absolute atomic E-state index is 0. The number of hydrogen-bond donors (Lipinski definition) is 1. The molecule has 4 heteroatoms. The van der Waals surface area contributed by atoms with E-state index >= 15 is 0 Å². The summed E-state index contributed by atoms with van der Waals surface area (Å²) in [6, 6.07) is 1.86. The highest BCUT2D eigenvalue weighted by Gasteiger charge is 1.96. The maximum atomic E-state index is 5.67. The molecule has 0 amide bonds. The van der Waals surface area contributed by atoms with E-state index in [1.807, 2.05) is 23.9 Å².